The summed E-state index contributed by atoms with van der Waals surface area (Å²) in [7, 11) is 0. The lowest BCUT2D eigenvalue weighted by atomic mass is 10.2. The number of para-hydroxylation sites is 1. The van der Waals surface area contributed by atoms with Crippen molar-refractivity contribution < 1.29 is 23.3 Å². The quantitative estimate of drug-likeness (QED) is 0.696. The van der Waals surface area contributed by atoms with E-state index >= 15 is 0 Å². The van der Waals surface area contributed by atoms with Crippen LogP contribution in [0.25, 0.3) is 11.0 Å². The van der Waals surface area contributed by atoms with Gasteiger partial charge in [0.15, 0.2) is 12.3 Å². The summed E-state index contributed by atoms with van der Waals surface area (Å²) in [6.07, 6.45) is 1.50. The topological polar surface area (TPSA) is 80.1 Å². The predicted octanol–water partition coefficient (Wildman–Crippen LogP) is 1.24. The third-order valence-corrected chi connectivity index (χ3v) is 5.15. The standard InChI is InChI=1S/C21H23N3O4/c1-15(19-13-16-5-2-3-6-17(16)28-19)22-20(25)14-23-8-10-24(11-9-23)21(26)18-7-4-12-27-18/h2-7,12-13,15H,8-11,14H2,1H3,(H,22,25)/p+1/t15-/m1/s1. The molecule has 1 aromatic carbocycles. The van der Waals surface area contributed by atoms with Crippen LogP contribution >= 0.6 is 0 Å². The van der Waals surface area contributed by atoms with Crippen LogP contribution < -0.4 is 10.2 Å². The summed E-state index contributed by atoms with van der Waals surface area (Å²) in [6.45, 7) is 5.00. The first-order chi connectivity index (χ1) is 13.6. The van der Waals surface area contributed by atoms with E-state index in [0.29, 0.717) is 25.4 Å². The van der Waals surface area contributed by atoms with Gasteiger partial charge in [-0.05, 0) is 31.2 Å². The molecule has 3 aromatic rings. The van der Waals surface area contributed by atoms with E-state index in [1.807, 2.05) is 37.3 Å². The molecule has 0 radical (unpaired) electrons. The van der Waals surface area contributed by atoms with E-state index in [4.69, 9.17) is 8.83 Å². The van der Waals surface area contributed by atoms with E-state index in [2.05, 4.69) is 5.32 Å². The van der Waals surface area contributed by atoms with Crippen molar-refractivity contribution in [3.05, 3.63) is 60.2 Å². The van der Waals surface area contributed by atoms with Gasteiger partial charge in [0.1, 0.15) is 11.3 Å². The summed E-state index contributed by atoms with van der Waals surface area (Å²) in [4.78, 5) is 27.7. The van der Waals surface area contributed by atoms with Crippen molar-refractivity contribution in [2.45, 2.75) is 13.0 Å². The Balaban J connectivity index is 1.27. The Morgan fingerprint density at radius 2 is 1.96 bits per heavy atom. The zero-order valence-corrected chi connectivity index (χ0v) is 15.8. The summed E-state index contributed by atoms with van der Waals surface area (Å²) in [5, 5.41) is 4.04. The molecule has 1 fully saturated rings. The highest BCUT2D eigenvalue weighted by atomic mass is 16.3. The molecule has 7 nitrogen and oxygen atoms in total. The summed E-state index contributed by atoms with van der Waals surface area (Å²) in [5.74, 6) is 1.00. The number of hydrogen-bond acceptors (Lipinski definition) is 4. The van der Waals surface area contributed by atoms with Crippen molar-refractivity contribution in [2.24, 2.45) is 0 Å². The number of fused-ring (bicyclic) bond motifs is 1. The van der Waals surface area contributed by atoms with Crippen LogP contribution in [0.5, 0.6) is 0 Å². The first-order valence-corrected chi connectivity index (χ1v) is 9.54. The van der Waals surface area contributed by atoms with Crippen molar-refractivity contribution in [2.75, 3.05) is 32.7 Å². The van der Waals surface area contributed by atoms with E-state index < -0.39 is 0 Å². The molecular weight excluding hydrogens is 358 g/mol. The Labute approximate surface area is 162 Å². The SMILES string of the molecule is C[C@@H](NC(=O)C[NH+]1CCN(C(=O)c2ccco2)CC1)c1cc2ccccc2o1. The van der Waals surface area contributed by atoms with Crippen molar-refractivity contribution in [3.8, 4) is 0 Å². The van der Waals surface area contributed by atoms with Gasteiger partial charge in [-0.3, -0.25) is 9.59 Å². The van der Waals surface area contributed by atoms with Gasteiger partial charge in [-0.2, -0.15) is 0 Å². The first-order valence-electron chi connectivity index (χ1n) is 9.54. The average molecular weight is 382 g/mol. The van der Waals surface area contributed by atoms with Crippen molar-refractivity contribution >= 4 is 22.8 Å². The highest BCUT2D eigenvalue weighted by Crippen LogP contribution is 2.23. The molecular formula is C21H24N3O4+. The van der Waals surface area contributed by atoms with Crippen LogP contribution in [0.3, 0.4) is 0 Å². The lowest BCUT2D eigenvalue weighted by Crippen LogP contribution is -3.15. The van der Waals surface area contributed by atoms with Gasteiger partial charge in [0.05, 0.1) is 38.5 Å². The minimum atomic E-state index is -0.193. The van der Waals surface area contributed by atoms with Crippen LogP contribution in [0.2, 0.25) is 0 Å². The number of quaternary nitrogens is 1. The first kappa shape index (κ1) is 18.3. The molecule has 4 rings (SSSR count). The number of piperazine rings is 1. The number of carbonyl (C=O) groups excluding carboxylic acids is 2. The van der Waals surface area contributed by atoms with Gasteiger partial charge in [0.25, 0.3) is 11.8 Å². The van der Waals surface area contributed by atoms with Crippen LogP contribution in [-0.2, 0) is 4.79 Å². The minimum Gasteiger partial charge on any atom is -0.459 e. The van der Waals surface area contributed by atoms with Gasteiger partial charge in [-0.1, -0.05) is 18.2 Å². The molecule has 0 bridgehead atoms. The van der Waals surface area contributed by atoms with Gasteiger partial charge in [-0.15, -0.1) is 0 Å². The van der Waals surface area contributed by atoms with Crippen LogP contribution in [0, 0.1) is 0 Å². The molecule has 1 aliphatic heterocycles. The molecule has 146 valence electrons. The number of furan rings is 2. The molecule has 2 amide bonds. The Hall–Kier alpha value is -3.06. The number of amides is 2. The maximum atomic E-state index is 12.4. The molecule has 1 saturated heterocycles. The Morgan fingerprint density at radius 3 is 2.68 bits per heavy atom. The van der Waals surface area contributed by atoms with E-state index in [9.17, 15) is 9.59 Å². The fraction of sp³-hybridized carbons (Fsp3) is 0.333. The second-order valence-corrected chi connectivity index (χ2v) is 7.17. The fourth-order valence-electron chi connectivity index (χ4n) is 3.57. The lowest BCUT2D eigenvalue weighted by molar-refractivity contribution is -0.896. The van der Waals surface area contributed by atoms with Gasteiger partial charge >= 0.3 is 0 Å². The molecule has 0 saturated carbocycles. The normalized spacial score (nSPS) is 16.2. The zero-order valence-electron chi connectivity index (χ0n) is 15.8. The van der Waals surface area contributed by atoms with Gasteiger partial charge in [-0.25, -0.2) is 0 Å². The second-order valence-electron chi connectivity index (χ2n) is 7.17. The Bertz CT molecular complexity index is 922. The fourth-order valence-corrected chi connectivity index (χ4v) is 3.57. The molecule has 1 atom stereocenters. The van der Waals surface area contributed by atoms with Crippen LogP contribution in [-0.4, -0.2) is 49.4 Å². The second kappa shape index (κ2) is 7.90. The summed E-state index contributed by atoms with van der Waals surface area (Å²) >= 11 is 0. The number of carbonyl (C=O) groups is 2. The van der Waals surface area contributed by atoms with Gasteiger partial charge < -0.3 is 24.0 Å². The third kappa shape index (κ3) is 3.94. The highest BCUT2D eigenvalue weighted by molar-refractivity contribution is 5.91. The zero-order chi connectivity index (χ0) is 19.5. The number of nitrogens with zero attached hydrogens (tertiary/aromatic N) is 1. The van der Waals surface area contributed by atoms with E-state index in [1.54, 1.807) is 17.0 Å². The summed E-state index contributed by atoms with van der Waals surface area (Å²) < 4.78 is 11.0. The highest BCUT2D eigenvalue weighted by Gasteiger charge is 2.27. The van der Waals surface area contributed by atoms with Crippen LogP contribution in [0.4, 0.5) is 0 Å². The number of rotatable bonds is 5. The molecule has 0 unspecified atom stereocenters. The molecule has 2 N–H and O–H groups in total. The van der Waals surface area contributed by atoms with Gasteiger partial charge in [0, 0.05) is 5.39 Å². The molecule has 7 heteroatoms. The smallest absolute Gasteiger partial charge is 0.289 e. The molecule has 28 heavy (non-hydrogen) atoms. The summed E-state index contributed by atoms with van der Waals surface area (Å²) in [6, 6.07) is 13.0. The molecule has 2 aromatic heterocycles. The third-order valence-electron chi connectivity index (χ3n) is 5.15. The largest absolute Gasteiger partial charge is 0.459 e. The van der Waals surface area contributed by atoms with Crippen molar-refractivity contribution in [1.82, 2.24) is 10.2 Å². The predicted molar refractivity (Wildman–Crippen MR) is 103 cm³/mol. The maximum absolute atomic E-state index is 12.4. The van der Waals surface area contributed by atoms with E-state index in [-0.39, 0.29) is 17.9 Å². The minimum absolute atomic E-state index is 0.0197. The average Bonchev–Trinajstić information content (AvgIpc) is 3.37. The van der Waals surface area contributed by atoms with Gasteiger partial charge in [0.2, 0.25) is 0 Å². The van der Waals surface area contributed by atoms with Crippen molar-refractivity contribution in [3.63, 3.8) is 0 Å². The molecule has 3 heterocycles. The van der Waals surface area contributed by atoms with E-state index in [1.165, 1.54) is 6.26 Å². The number of benzene rings is 1. The molecule has 0 spiro atoms. The van der Waals surface area contributed by atoms with E-state index in [0.717, 1.165) is 34.7 Å². The summed E-state index contributed by atoms with van der Waals surface area (Å²) in [5.41, 5.74) is 0.821. The van der Waals surface area contributed by atoms with Crippen LogP contribution in [0.15, 0.2) is 57.6 Å². The van der Waals surface area contributed by atoms with Crippen LogP contribution in [0.1, 0.15) is 29.3 Å². The lowest BCUT2D eigenvalue weighted by Gasteiger charge is -2.31. The molecule has 1 aliphatic rings. The number of nitrogens with one attached hydrogen (secondary N) is 2. The maximum Gasteiger partial charge on any atom is 0.289 e. The Kier molecular flexibility index (Phi) is 5.16. The molecule has 0 aliphatic carbocycles. The van der Waals surface area contributed by atoms with Crippen molar-refractivity contribution in [1.29, 1.82) is 0 Å². The Morgan fingerprint density at radius 1 is 1.18 bits per heavy atom. The number of hydrogen-bond donors (Lipinski definition) is 2. The monoisotopic (exact) mass is 382 g/mol.